The molecule has 20 heavy (non-hydrogen) atoms. The first-order chi connectivity index (χ1) is 9.58. The summed E-state index contributed by atoms with van der Waals surface area (Å²) in [6.07, 6.45) is 0. The molecule has 0 aromatic heterocycles. The molecule has 0 spiro atoms. The second-order valence-electron chi connectivity index (χ2n) is 3.89. The average Bonchev–Trinajstić information content (AvgIpc) is 2.45. The van der Waals surface area contributed by atoms with E-state index in [-0.39, 0.29) is 5.56 Å². The van der Waals surface area contributed by atoms with E-state index in [9.17, 15) is 14.0 Å². The molecule has 0 bridgehead atoms. The highest BCUT2D eigenvalue weighted by molar-refractivity contribution is 6.30. The first-order valence-corrected chi connectivity index (χ1v) is 6.06. The molecule has 2 aromatic rings. The van der Waals surface area contributed by atoms with Gasteiger partial charge in [0.1, 0.15) is 5.82 Å². The third-order valence-corrected chi connectivity index (χ3v) is 2.77. The number of amides is 2. The van der Waals surface area contributed by atoms with Crippen LogP contribution in [0.1, 0.15) is 20.7 Å². The molecule has 0 aliphatic rings. The van der Waals surface area contributed by atoms with Crippen molar-refractivity contribution in [2.75, 3.05) is 0 Å². The number of benzene rings is 2. The Balaban J connectivity index is 1.99. The normalized spacial score (nSPS) is 9.90. The minimum Gasteiger partial charge on any atom is -0.267 e. The summed E-state index contributed by atoms with van der Waals surface area (Å²) in [6, 6.07) is 11.6. The smallest absolute Gasteiger partial charge is 0.267 e. The summed E-state index contributed by atoms with van der Waals surface area (Å²) in [7, 11) is 0. The molecule has 102 valence electrons. The van der Waals surface area contributed by atoms with Gasteiger partial charge in [-0.15, -0.1) is 0 Å². The van der Waals surface area contributed by atoms with E-state index in [0.29, 0.717) is 10.6 Å². The van der Waals surface area contributed by atoms with Gasteiger partial charge in [-0.25, -0.2) is 4.39 Å². The zero-order valence-electron chi connectivity index (χ0n) is 10.2. The SMILES string of the molecule is O=C(NNC(=O)c1ccccc1F)c1ccc(Cl)cc1. The maximum Gasteiger partial charge on any atom is 0.272 e. The van der Waals surface area contributed by atoms with Crippen LogP contribution >= 0.6 is 11.6 Å². The number of carbonyl (C=O) groups is 2. The second-order valence-corrected chi connectivity index (χ2v) is 4.33. The van der Waals surface area contributed by atoms with Gasteiger partial charge in [0.25, 0.3) is 11.8 Å². The predicted octanol–water partition coefficient (Wildman–Crippen LogP) is 2.55. The van der Waals surface area contributed by atoms with Crippen LogP contribution in [0.3, 0.4) is 0 Å². The van der Waals surface area contributed by atoms with Crippen molar-refractivity contribution in [2.24, 2.45) is 0 Å². The van der Waals surface area contributed by atoms with Crippen molar-refractivity contribution in [2.45, 2.75) is 0 Å². The first kappa shape index (κ1) is 14.0. The Morgan fingerprint density at radius 2 is 1.50 bits per heavy atom. The lowest BCUT2D eigenvalue weighted by atomic mass is 10.2. The Morgan fingerprint density at radius 1 is 0.900 bits per heavy atom. The van der Waals surface area contributed by atoms with E-state index in [2.05, 4.69) is 10.9 Å². The summed E-state index contributed by atoms with van der Waals surface area (Å²) in [5, 5.41) is 0.497. The van der Waals surface area contributed by atoms with Gasteiger partial charge >= 0.3 is 0 Å². The molecule has 2 amide bonds. The summed E-state index contributed by atoms with van der Waals surface area (Å²) in [6.45, 7) is 0. The lowest BCUT2D eigenvalue weighted by Gasteiger charge is -2.08. The molecule has 0 heterocycles. The molecule has 2 aromatic carbocycles. The maximum atomic E-state index is 13.3. The van der Waals surface area contributed by atoms with Gasteiger partial charge < -0.3 is 0 Å². The van der Waals surface area contributed by atoms with Crippen LogP contribution < -0.4 is 10.9 Å². The standard InChI is InChI=1S/C14H10ClFN2O2/c15-10-7-5-9(6-8-10)13(19)17-18-14(20)11-3-1-2-4-12(11)16/h1-8H,(H,17,19)(H,18,20). The highest BCUT2D eigenvalue weighted by Crippen LogP contribution is 2.09. The number of halogens is 2. The molecular weight excluding hydrogens is 283 g/mol. The summed E-state index contributed by atoms with van der Waals surface area (Å²) in [5.41, 5.74) is 4.51. The number of hydrazine groups is 1. The van der Waals surface area contributed by atoms with Crippen molar-refractivity contribution < 1.29 is 14.0 Å². The molecule has 0 saturated carbocycles. The molecule has 0 fully saturated rings. The average molecular weight is 293 g/mol. The van der Waals surface area contributed by atoms with Gasteiger partial charge in [-0.1, -0.05) is 23.7 Å². The Labute approximate surface area is 119 Å². The fourth-order valence-corrected chi connectivity index (χ4v) is 1.63. The van der Waals surface area contributed by atoms with Gasteiger partial charge in [0, 0.05) is 10.6 Å². The first-order valence-electron chi connectivity index (χ1n) is 5.68. The lowest BCUT2D eigenvalue weighted by Crippen LogP contribution is -2.41. The quantitative estimate of drug-likeness (QED) is 0.836. The third kappa shape index (κ3) is 3.33. The maximum absolute atomic E-state index is 13.3. The van der Waals surface area contributed by atoms with Crippen molar-refractivity contribution in [1.29, 1.82) is 0 Å². The Kier molecular flexibility index (Phi) is 4.32. The minimum atomic E-state index is -0.731. The van der Waals surface area contributed by atoms with E-state index in [1.54, 1.807) is 12.1 Å². The molecule has 0 unspecified atom stereocenters. The van der Waals surface area contributed by atoms with Crippen molar-refractivity contribution in [1.82, 2.24) is 10.9 Å². The van der Waals surface area contributed by atoms with Crippen LogP contribution in [-0.2, 0) is 0 Å². The van der Waals surface area contributed by atoms with Crippen molar-refractivity contribution in [3.63, 3.8) is 0 Å². The number of carbonyl (C=O) groups excluding carboxylic acids is 2. The van der Waals surface area contributed by atoms with Crippen LogP contribution in [-0.4, -0.2) is 11.8 Å². The van der Waals surface area contributed by atoms with Crippen LogP contribution in [0, 0.1) is 5.82 Å². The molecule has 2 N–H and O–H groups in total. The van der Waals surface area contributed by atoms with Crippen LogP contribution in [0.25, 0.3) is 0 Å². The number of hydrogen-bond donors (Lipinski definition) is 2. The van der Waals surface area contributed by atoms with Crippen LogP contribution in [0.15, 0.2) is 48.5 Å². The predicted molar refractivity (Wildman–Crippen MR) is 72.8 cm³/mol. The Bertz CT molecular complexity index is 644. The monoisotopic (exact) mass is 292 g/mol. The highest BCUT2D eigenvalue weighted by Gasteiger charge is 2.12. The molecule has 0 aliphatic heterocycles. The molecule has 4 nitrogen and oxygen atoms in total. The molecule has 0 radical (unpaired) electrons. The summed E-state index contributed by atoms with van der Waals surface area (Å²) in [4.78, 5) is 23.4. The molecule has 0 aliphatic carbocycles. The van der Waals surface area contributed by atoms with Gasteiger partial charge in [0.15, 0.2) is 0 Å². The Morgan fingerprint density at radius 3 is 2.15 bits per heavy atom. The molecule has 6 heteroatoms. The van der Waals surface area contributed by atoms with E-state index in [1.165, 1.54) is 30.3 Å². The van der Waals surface area contributed by atoms with E-state index in [1.807, 2.05) is 0 Å². The van der Waals surface area contributed by atoms with Gasteiger partial charge in [-0.2, -0.15) is 0 Å². The zero-order chi connectivity index (χ0) is 14.5. The van der Waals surface area contributed by atoms with E-state index < -0.39 is 17.6 Å². The van der Waals surface area contributed by atoms with E-state index >= 15 is 0 Å². The number of hydrogen-bond acceptors (Lipinski definition) is 2. The van der Waals surface area contributed by atoms with Gasteiger partial charge in [0.2, 0.25) is 0 Å². The topological polar surface area (TPSA) is 58.2 Å². The van der Waals surface area contributed by atoms with Gasteiger partial charge in [-0.3, -0.25) is 20.4 Å². The second kappa shape index (κ2) is 6.16. The fraction of sp³-hybridized carbons (Fsp3) is 0. The summed E-state index contributed by atoms with van der Waals surface area (Å²) >= 11 is 5.70. The van der Waals surface area contributed by atoms with Crippen LogP contribution in [0.2, 0.25) is 5.02 Å². The van der Waals surface area contributed by atoms with Crippen LogP contribution in [0.5, 0.6) is 0 Å². The minimum absolute atomic E-state index is 0.149. The fourth-order valence-electron chi connectivity index (χ4n) is 1.50. The van der Waals surface area contributed by atoms with Gasteiger partial charge in [-0.05, 0) is 36.4 Å². The van der Waals surface area contributed by atoms with Crippen molar-refractivity contribution in [3.8, 4) is 0 Å². The number of nitrogens with one attached hydrogen (secondary N) is 2. The molecule has 2 rings (SSSR count). The van der Waals surface area contributed by atoms with Crippen molar-refractivity contribution >= 4 is 23.4 Å². The lowest BCUT2D eigenvalue weighted by molar-refractivity contribution is 0.0844. The molecule has 0 saturated heterocycles. The molecular formula is C14H10ClFN2O2. The summed E-state index contributed by atoms with van der Waals surface area (Å²) < 4.78 is 13.3. The van der Waals surface area contributed by atoms with E-state index in [0.717, 1.165) is 6.07 Å². The highest BCUT2D eigenvalue weighted by atomic mass is 35.5. The van der Waals surface area contributed by atoms with E-state index in [4.69, 9.17) is 11.6 Å². The zero-order valence-corrected chi connectivity index (χ0v) is 10.9. The third-order valence-electron chi connectivity index (χ3n) is 2.51. The Hall–Kier alpha value is -2.40. The largest absolute Gasteiger partial charge is 0.272 e. The van der Waals surface area contributed by atoms with Crippen molar-refractivity contribution in [3.05, 3.63) is 70.5 Å². The molecule has 0 atom stereocenters. The van der Waals surface area contributed by atoms with Gasteiger partial charge in [0.05, 0.1) is 5.56 Å². The number of rotatable bonds is 2. The van der Waals surface area contributed by atoms with Crippen LogP contribution in [0.4, 0.5) is 4.39 Å². The summed E-state index contributed by atoms with van der Waals surface area (Å²) in [5.74, 6) is -1.91.